The van der Waals surface area contributed by atoms with Crippen LogP contribution in [0.5, 0.6) is 0 Å². The third-order valence-electron chi connectivity index (χ3n) is 5.64. The molecule has 4 heterocycles. The monoisotopic (exact) mass is 416 g/mol. The number of aliphatic hydroxyl groups excluding tert-OH is 1. The van der Waals surface area contributed by atoms with Crippen molar-refractivity contribution >= 4 is 24.4 Å². The number of imidazole rings is 2. The van der Waals surface area contributed by atoms with E-state index < -0.39 is 0 Å². The fourth-order valence-electron chi connectivity index (χ4n) is 4.45. The highest BCUT2D eigenvalue weighted by Crippen LogP contribution is 2.42. The Morgan fingerprint density at radius 3 is 2.33 bits per heavy atom. The van der Waals surface area contributed by atoms with Gasteiger partial charge < -0.3 is 24.8 Å². The van der Waals surface area contributed by atoms with Gasteiger partial charge in [0, 0.05) is 37.9 Å². The van der Waals surface area contributed by atoms with Crippen molar-refractivity contribution in [3.63, 3.8) is 0 Å². The second-order valence-electron chi connectivity index (χ2n) is 7.17. The Bertz CT molecular complexity index is 940. The lowest BCUT2D eigenvalue weighted by molar-refractivity contribution is -0.123. The summed E-state index contributed by atoms with van der Waals surface area (Å²) in [6.07, 6.45) is 14.6. The highest BCUT2D eigenvalue weighted by molar-refractivity contribution is 5.49. The predicted octanol–water partition coefficient (Wildman–Crippen LogP) is 0.776. The number of rotatable bonds is 2. The third kappa shape index (κ3) is 4.40. The molecule has 30 heavy (non-hydrogen) atoms. The van der Waals surface area contributed by atoms with Crippen LogP contribution in [0.2, 0.25) is 0 Å². The minimum absolute atomic E-state index is 0.135. The molecule has 3 N–H and O–H groups in total. The molecule has 0 amide bonds. The maximum atomic E-state index is 10.6. The van der Waals surface area contributed by atoms with Gasteiger partial charge in [-0.15, -0.1) is 0 Å². The summed E-state index contributed by atoms with van der Waals surface area (Å²) in [7, 11) is 0. The fraction of sp³-hybridized carbons (Fsp3) is 0.421. The van der Waals surface area contributed by atoms with E-state index in [1.54, 1.807) is 12.4 Å². The van der Waals surface area contributed by atoms with Crippen LogP contribution in [0.15, 0.2) is 43.5 Å². The van der Waals surface area contributed by atoms with E-state index in [9.17, 15) is 5.11 Å². The van der Waals surface area contributed by atoms with E-state index in [0.29, 0.717) is 11.8 Å². The van der Waals surface area contributed by atoms with E-state index in [4.69, 9.17) is 19.8 Å². The number of anilines is 1. The smallest absolute Gasteiger partial charge is 0.290 e. The topological polar surface area (TPSA) is 146 Å². The number of hydrogen-bond donors (Lipinski definition) is 3. The molecular formula is C19H24N6O5. The van der Waals surface area contributed by atoms with E-state index >= 15 is 0 Å². The SMILES string of the molecule is O=CO.O=CO.O[C@@H]1C[C@H]2CN(c3cncc4nccn34)C[C@H]2C[C@H]1n1ccnc1. The molecule has 5 rings (SSSR count). The molecule has 0 spiro atoms. The van der Waals surface area contributed by atoms with Gasteiger partial charge in [-0.1, -0.05) is 0 Å². The van der Waals surface area contributed by atoms with E-state index in [2.05, 4.69) is 28.8 Å². The first-order chi connectivity index (χ1) is 14.6. The summed E-state index contributed by atoms with van der Waals surface area (Å²) in [4.78, 5) is 31.9. The summed E-state index contributed by atoms with van der Waals surface area (Å²) < 4.78 is 4.15. The van der Waals surface area contributed by atoms with Gasteiger partial charge in [0.15, 0.2) is 5.65 Å². The van der Waals surface area contributed by atoms with E-state index in [-0.39, 0.29) is 25.1 Å². The predicted molar refractivity (Wildman–Crippen MR) is 106 cm³/mol. The van der Waals surface area contributed by atoms with Crippen molar-refractivity contribution in [2.75, 3.05) is 18.0 Å². The summed E-state index contributed by atoms with van der Waals surface area (Å²) in [6, 6.07) is 0.135. The lowest BCUT2D eigenvalue weighted by Crippen LogP contribution is -2.35. The third-order valence-corrected chi connectivity index (χ3v) is 5.64. The Labute approximate surface area is 172 Å². The normalized spacial score (nSPS) is 24.8. The minimum atomic E-state index is -0.303. The molecule has 2 fully saturated rings. The van der Waals surface area contributed by atoms with Crippen LogP contribution in [0.3, 0.4) is 0 Å². The van der Waals surface area contributed by atoms with Crippen LogP contribution >= 0.6 is 0 Å². The lowest BCUT2D eigenvalue weighted by Gasteiger charge is -2.35. The number of carbonyl (C=O) groups is 2. The Kier molecular flexibility index (Phi) is 6.96. The average molecular weight is 416 g/mol. The molecule has 3 aromatic heterocycles. The Balaban J connectivity index is 0.000000385. The number of fused-ring (bicyclic) bond motifs is 2. The zero-order valence-corrected chi connectivity index (χ0v) is 16.2. The van der Waals surface area contributed by atoms with Crippen molar-refractivity contribution in [1.82, 2.24) is 23.9 Å². The molecule has 1 saturated carbocycles. The van der Waals surface area contributed by atoms with Crippen molar-refractivity contribution in [3.05, 3.63) is 43.5 Å². The molecule has 0 aromatic carbocycles. The molecule has 11 heteroatoms. The van der Waals surface area contributed by atoms with Gasteiger partial charge in [-0.25, -0.2) is 9.97 Å². The largest absolute Gasteiger partial charge is 0.483 e. The van der Waals surface area contributed by atoms with Crippen LogP contribution in [-0.2, 0) is 9.59 Å². The second-order valence-corrected chi connectivity index (χ2v) is 7.17. The summed E-state index contributed by atoms with van der Waals surface area (Å²) in [6.45, 7) is 1.47. The zero-order chi connectivity index (χ0) is 21.5. The van der Waals surface area contributed by atoms with Gasteiger partial charge >= 0.3 is 0 Å². The van der Waals surface area contributed by atoms with Gasteiger partial charge in [0.1, 0.15) is 5.82 Å². The molecule has 2 aliphatic rings. The van der Waals surface area contributed by atoms with Crippen LogP contribution < -0.4 is 4.90 Å². The van der Waals surface area contributed by atoms with E-state index in [0.717, 1.165) is 37.4 Å². The molecule has 0 unspecified atom stereocenters. The maximum Gasteiger partial charge on any atom is 0.290 e. The molecule has 3 aromatic rings. The first kappa shape index (κ1) is 21.2. The Hall–Kier alpha value is -3.47. The molecule has 1 aliphatic heterocycles. The van der Waals surface area contributed by atoms with Crippen molar-refractivity contribution in [2.24, 2.45) is 11.8 Å². The van der Waals surface area contributed by atoms with Crippen molar-refractivity contribution in [3.8, 4) is 0 Å². The highest BCUT2D eigenvalue weighted by Gasteiger charge is 2.42. The maximum absolute atomic E-state index is 10.6. The van der Waals surface area contributed by atoms with Gasteiger partial charge in [-0.05, 0) is 24.7 Å². The standard InChI is InChI=1S/C17H20N6O.2CH2O2/c24-15-6-13-10-22(17-8-19-7-16-20-2-4-23(16)17)9-12(13)5-14(15)21-3-1-18-11-21;2*2-1-3/h1-4,7-8,11-15,24H,5-6,9-10H2;2*1H,(H,2,3)/t12-,13+,14-,15-;;/m1../s1. The number of carboxylic acid groups (broad SMARTS) is 2. The summed E-state index contributed by atoms with van der Waals surface area (Å²) in [5.74, 6) is 2.20. The Morgan fingerprint density at radius 2 is 1.67 bits per heavy atom. The first-order valence-corrected chi connectivity index (χ1v) is 9.46. The summed E-state index contributed by atoms with van der Waals surface area (Å²) in [5, 5.41) is 24.4. The minimum Gasteiger partial charge on any atom is -0.483 e. The van der Waals surface area contributed by atoms with Gasteiger partial charge in [0.05, 0.1) is 30.9 Å². The molecule has 11 nitrogen and oxygen atoms in total. The van der Waals surface area contributed by atoms with Crippen molar-refractivity contribution in [2.45, 2.75) is 25.0 Å². The Morgan fingerprint density at radius 1 is 0.967 bits per heavy atom. The van der Waals surface area contributed by atoms with Crippen molar-refractivity contribution < 1.29 is 24.9 Å². The fourth-order valence-corrected chi connectivity index (χ4v) is 4.45. The molecule has 1 saturated heterocycles. The zero-order valence-electron chi connectivity index (χ0n) is 16.2. The molecule has 1 aliphatic carbocycles. The quantitative estimate of drug-likeness (QED) is 0.516. The van der Waals surface area contributed by atoms with E-state index in [1.165, 1.54) is 0 Å². The number of hydrogen-bond acceptors (Lipinski definition) is 7. The molecular weight excluding hydrogens is 392 g/mol. The van der Waals surface area contributed by atoms with Gasteiger partial charge in [0.25, 0.3) is 12.9 Å². The summed E-state index contributed by atoms with van der Waals surface area (Å²) in [5.41, 5.74) is 0.874. The van der Waals surface area contributed by atoms with Gasteiger partial charge in [-0.2, -0.15) is 0 Å². The highest BCUT2D eigenvalue weighted by atomic mass is 16.3. The van der Waals surface area contributed by atoms with Crippen LogP contribution in [-0.4, -0.2) is 71.4 Å². The summed E-state index contributed by atoms with van der Waals surface area (Å²) >= 11 is 0. The number of aromatic nitrogens is 5. The first-order valence-electron chi connectivity index (χ1n) is 9.46. The molecule has 0 radical (unpaired) electrons. The molecule has 4 atom stereocenters. The number of aliphatic hydroxyl groups is 1. The van der Waals surface area contributed by atoms with Crippen LogP contribution in [0, 0.1) is 11.8 Å². The van der Waals surface area contributed by atoms with Crippen LogP contribution in [0.1, 0.15) is 18.9 Å². The lowest BCUT2D eigenvalue weighted by atomic mass is 9.77. The molecule has 160 valence electrons. The average Bonchev–Trinajstić information content (AvgIpc) is 3.48. The van der Waals surface area contributed by atoms with Gasteiger partial charge in [-0.3, -0.25) is 19.0 Å². The van der Waals surface area contributed by atoms with Crippen LogP contribution in [0.4, 0.5) is 5.82 Å². The number of nitrogens with zero attached hydrogens (tertiary/aromatic N) is 6. The van der Waals surface area contributed by atoms with Crippen LogP contribution in [0.25, 0.3) is 5.65 Å². The van der Waals surface area contributed by atoms with Crippen molar-refractivity contribution in [1.29, 1.82) is 0 Å². The second kappa shape index (κ2) is 9.83. The van der Waals surface area contributed by atoms with E-state index in [1.807, 2.05) is 31.1 Å². The molecule has 0 bridgehead atoms. The van der Waals surface area contributed by atoms with Gasteiger partial charge in [0.2, 0.25) is 0 Å².